The van der Waals surface area contributed by atoms with Crippen LogP contribution in [0, 0.1) is 0 Å². The van der Waals surface area contributed by atoms with Crippen LogP contribution >= 0.6 is 0 Å². The Labute approximate surface area is 287 Å². The molecule has 0 rings (SSSR count). The van der Waals surface area contributed by atoms with Crippen LogP contribution in [0.1, 0.15) is 155 Å². The molecular formula is C41H67NO5. The van der Waals surface area contributed by atoms with Gasteiger partial charge in [-0.05, 0) is 77.0 Å². The average molecular weight is 654 g/mol. The second kappa shape index (κ2) is 35.7. The first kappa shape index (κ1) is 43.9. The quantitative estimate of drug-likeness (QED) is 0.0428. The van der Waals surface area contributed by atoms with E-state index >= 15 is 0 Å². The minimum absolute atomic E-state index is 0.0132. The van der Waals surface area contributed by atoms with E-state index in [9.17, 15) is 14.4 Å². The second-order valence-electron chi connectivity index (χ2n) is 12.1. The van der Waals surface area contributed by atoms with Crippen molar-refractivity contribution in [3.8, 4) is 0 Å². The zero-order valence-corrected chi connectivity index (χ0v) is 29.8. The van der Waals surface area contributed by atoms with Gasteiger partial charge < -0.3 is 15.2 Å². The first-order valence-electron chi connectivity index (χ1n) is 18.6. The van der Waals surface area contributed by atoms with Crippen LogP contribution in [0.3, 0.4) is 0 Å². The molecule has 0 aliphatic carbocycles. The van der Waals surface area contributed by atoms with Crippen LogP contribution in [0.25, 0.3) is 0 Å². The van der Waals surface area contributed by atoms with E-state index in [1.807, 2.05) is 0 Å². The van der Waals surface area contributed by atoms with Crippen molar-refractivity contribution >= 4 is 17.8 Å². The molecule has 0 aromatic heterocycles. The summed E-state index contributed by atoms with van der Waals surface area (Å²) in [6.07, 6.45) is 47.4. The van der Waals surface area contributed by atoms with Crippen molar-refractivity contribution in [1.82, 2.24) is 5.32 Å². The normalized spacial score (nSPS) is 12.9. The highest BCUT2D eigenvalue weighted by atomic mass is 16.5. The third kappa shape index (κ3) is 35.5. The van der Waals surface area contributed by atoms with E-state index in [0.717, 1.165) is 89.9 Å². The van der Waals surface area contributed by atoms with E-state index < -0.39 is 5.97 Å². The predicted molar refractivity (Wildman–Crippen MR) is 198 cm³/mol. The third-order valence-corrected chi connectivity index (χ3v) is 7.66. The highest BCUT2D eigenvalue weighted by Gasteiger charge is 2.14. The molecule has 1 amide bonds. The van der Waals surface area contributed by atoms with Gasteiger partial charge in [0.2, 0.25) is 5.91 Å². The Morgan fingerprint density at radius 2 is 1.02 bits per heavy atom. The van der Waals surface area contributed by atoms with Crippen molar-refractivity contribution in [3.05, 3.63) is 72.9 Å². The number of unbranched alkanes of at least 4 members (excludes halogenated alkanes) is 9. The molecule has 1 atom stereocenters. The van der Waals surface area contributed by atoms with E-state index in [-0.39, 0.29) is 24.5 Å². The molecule has 47 heavy (non-hydrogen) atoms. The molecule has 0 saturated carbocycles. The van der Waals surface area contributed by atoms with Crippen molar-refractivity contribution in [2.45, 2.75) is 161 Å². The lowest BCUT2D eigenvalue weighted by molar-refractivity contribution is -0.149. The SMILES string of the molecule is CC/C=C\C/C=C\C/C=C\C/C=C\C/C=C\C/C=C\CCC(=O)OC(CCCCCCCC)CCCCCCCC(=O)NCC(=O)O. The molecule has 6 nitrogen and oxygen atoms in total. The number of ether oxygens (including phenoxy) is 1. The summed E-state index contributed by atoms with van der Waals surface area (Å²) in [6.45, 7) is 4.06. The number of rotatable bonds is 32. The Bertz CT molecular complexity index is 943. The maximum atomic E-state index is 12.6. The van der Waals surface area contributed by atoms with Crippen molar-refractivity contribution in [1.29, 1.82) is 0 Å². The van der Waals surface area contributed by atoms with Gasteiger partial charge in [0.05, 0.1) is 0 Å². The molecule has 0 heterocycles. The lowest BCUT2D eigenvalue weighted by Crippen LogP contribution is -2.28. The van der Waals surface area contributed by atoms with Gasteiger partial charge in [0.1, 0.15) is 12.6 Å². The molecule has 0 aliphatic rings. The largest absolute Gasteiger partial charge is 0.480 e. The van der Waals surface area contributed by atoms with Gasteiger partial charge in [0.15, 0.2) is 0 Å². The van der Waals surface area contributed by atoms with Gasteiger partial charge in [0, 0.05) is 12.8 Å². The van der Waals surface area contributed by atoms with Crippen LogP contribution in [0.15, 0.2) is 72.9 Å². The number of hydrogen-bond acceptors (Lipinski definition) is 4. The van der Waals surface area contributed by atoms with E-state index in [0.29, 0.717) is 19.3 Å². The molecule has 6 heteroatoms. The lowest BCUT2D eigenvalue weighted by Gasteiger charge is -2.18. The van der Waals surface area contributed by atoms with Crippen LogP contribution in [0.2, 0.25) is 0 Å². The zero-order valence-electron chi connectivity index (χ0n) is 29.8. The molecule has 0 bridgehead atoms. The summed E-state index contributed by atoms with van der Waals surface area (Å²) in [7, 11) is 0. The molecule has 0 aromatic rings. The first-order valence-corrected chi connectivity index (χ1v) is 18.6. The van der Waals surface area contributed by atoms with Crippen molar-refractivity contribution in [2.24, 2.45) is 0 Å². The highest BCUT2D eigenvalue weighted by molar-refractivity contribution is 5.80. The molecule has 0 radical (unpaired) electrons. The third-order valence-electron chi connectivity index (χ3n) is 7.66. The monoisotopic (exact) mass is 654 g/mol. The number of allylic oxidation sites excluding steroid dienone is 12. The Morgan fingerprint density at radius 3 is 1.51 bits per heavy atom. The number of hydrogen-bond donors (Lipinski definition) is 2. The summed E-state index contributed by atoms with van der Waals surface area (Å²) in [6, 6.07) is 0. The zero-order chi connectivity index (χ0) is 34.5. The van der Waals surface area contributed by atoms with Gasteiger partial charge in [-0.25, -0.2) is 0 Å². The molecule has 0 aromatic carbocycles. The molecule has 2 N–H and O–H groups in total. The number of nitrogens with one attached hydrogen (secondary N) is 1. The summed E-state index contributed by atoms with van der Waals surface area (Å²) < 4.78 is 5.91. The molecule has 0 fully saturated rings. The van der Waals surface area contributed by atoms with Gasteiger partial charge in [-0.1, -0.05) is 138 Å². The Hall–Kier alpha value is -3.15. The predicted octanol–water partition coefficient (Wildman–Crippen LogP) is 11.1. The summed E-state index contributed by atoms with van der Waals surface area (Å²) >= 11 is 0. The number of aliphatic carboxylic acids is 1. The van der Waals surface area contributed by atoms with E-state index in [4.69, 9.17) is 9.84 Å². The minimum Gasteiger partial charge on any atom is -0.480 e. The number of carbonyl (C=O) groups excluding carboxylic acids is 2. The summed E-state index contributed by atoms with van der Waals surface area (Å²) in [5, 5.41) is 11.0. The summed E-state index contributed by atoms with van der Waals surface area (Å²) in [4.78, 5) is 34.7. The Balaban J connectivity index is 4.18. The molecular weight excluding hydrogens is 586 g/mol. The second-order valence-corrected chi connectivity index (χ2v) is 12.1. The first-order chi connectivity index (χ1) is 23.0. The van der Waals surface area contributed by atoms with Crippen LogP contribution in [0.4, 0.5) is 0 Å². The summed E-state index contributed by atoms with van der Waals surface area (Å²) in [5.41, 5.74) is 0. The van der Waals surface area contributed by atoms with Crippen LogP contribution in [0.5, 0.6) is 0 Å². The molecule has 266 valence electrons. The average Bonchev–Trinajstić information content (AvgIpc) is 3.05. The van der Waals surface area contributed by atoms with E-state index in [1.54, 1.807) is 0 Å². The Kier molecular flexibility index (Phi) is 33.3. The lowest BCUT2D eigenvalue weighted by atomic mass is 10.0. The fraction of sp³-hybridized carbons (Fsp3) is 0.634. The number of carboxylic acid groups (broad SMARTS) is 1. The molecule has 0 aliphatic heterocycles. The fourth-order valence-corrected chi connectivity index (χ4v) is 4.95. The number of esters is 1. The highest BCUT2D eigenvalue weighted by Crippen LogP contribution is 2.18. The van der Waals surface area contributed by atoms with Gasteiger partial charge in [-0.15, -0.1) is 0 Å². The van der Waals surface area contributed by atoms with Crippen LogP contribution in [-0.2, 0) is 19.1 Å². The van der Waals surface area contributed by atoms with E-state index in [2.05, 4.69) is 92.1 Å². The Morgan fingerprint density at radius 1 is 0.574 bits per heavy atom. The van der Waals surface area contributed by atoms with Crippen molar-refractivity contribution < 1.29 is 24.2 Å². The maximum Gasteiger partial charge on any atom is 0.322 e. The van der Waals surface area contributed by atoms with Gasteiger partial charge in [-0.2, -0.15) is 0 Å². The molecule has 0 spiro atoms. The topological polar surface area (TPSA) is 92.7 Å². The summed E-state index contributed by atoms with van der Waals surface area (Å²) in [5.74, 6) is -1.33. The standard InChI is InChI=1S/C41H67NO5/c1-3-5-7-9-11-12-13-14-15-16-17-18-19-20-21-22-23-28-32-36-41(46)47-38(33-29-25-10-8-6-4-2)34-30-26-24-27-31-35-39(43)42-37-40(44)45/h5,7,11-12,14-15,17-18,20-21,23,28,38H,3-4,6,8-10,13,16,19,22,24-27,29-37H2,1-2H3,(H,42,43)(H,44,45)/b7-5-,12-11-,15-14-,18-17-,21-20-,28-23-. The smallest absolute Gasteiger partial charge is 0.322 e. The number of amides is 1. The molecule has 1 unspecified atom stereocenters. The van der Waals surface area contributed by atoms with E-state index in [1.165, 1.54) is 32.1 Å². The minimum atomic E-state index is -1.02. The van der Waals surface area contributed by atoms with Crippen LogP contribution in [-0.4, -0.2) is 35.6 Å². The maximum absolute atomic E-state index is 12.6. The van der Waals surface area contributed by atoms with Gasteiger partial charge in [0.25, 0.3) is 0 Å². The van der Waals surface area contributed by atoms with Crippen LogP contribution < -0.4 is 5.32 Å². The van der Waals surface area contributed by atoms with Crippen molar-refractivity contribution in [2.75, 3.05) is 6.54 Å². The van der Waals surface area contributed by atoms with Crippen molar-refractivity contribution in [3.63, 3.8) is 0 Å². The van der Waals surface area contributed by atoms with Gasteiger partial charge >= 0.3 is 11.9 Å². The molecule has 0 saturated heterocycles. The fourth-order valence-electron chi connectivity index (χ4n) is 4.95. The number of carbonyl (C=O) groups is 3. The number of carboxylic acids is 1. The van der Waals surface area contributed by atoms with Gasteiger partial charge in [-0.3, -0.25) is 14.4 Å².